The summed E-state index contributed by atoms with van der Waals surface area (Å²) in [6.07, 6.45) is 1.53. The second-order valence-electron chi connectivity index (χ2n) is 4.22. The van der Waals surface area contributed by atoms with Crippen molar-refractivity contribution in [3.63, 3.8) is 0 Å². The summed E-state index contributed by atoms with van der Waals surface area (Å²) in [4.78, 5) is 12.3. The fourth-order valence-corrected chi connectivity index (χ4v) is 1.77. The summed E-state index contributed by atoms with van der Waals surface area (Å²) in [5.74, 6) is 1.43. The SMILES string of the molecule is CN(C)c1ncnc(N(C)c2ccccc2)c1N. The second-order valence-corrected chi connectivity index (χ2v) is 4.22. The Kier molecular flexibility index (Phi) is 3.32. The minimum absolute atomic E-state index is 0.578. The highest BCUT2D eigenvalue weighted by atomic mass is 15.2. The lowest BCUT2D eigenvalue weighted by atomic mass is 10.3. The molecule has 5 heteroatoms. The predicted molar refractivity (Wildman–Crippen MR) is 75.3 cm³/mol. The van der Waals surface area contributed by atoms with E-state index in [2.05, 4.69) is 9.97 Å². The zero-order chi connectivity index (χ0) is 13.1. The summed E-state index contributed by atoms with van der Waals surface area (Å²) in [5.41, 5.74) is 7.73. The number of rotatable bonds is 3. The van der Waals surface area contributed by atoms with Gasteiger partial charge in [-0.1, -0.05) is 18.2 Å². The van der Waals surface area contributed by atoms with E-state index in [-0.39, 0.29) is 0 Å². The molecule has 0 amide bonds. The van der Waals surface area contributed by atoms with Crippen LogP contribution in [-0.2, 0) is 0 Å². The third-order valence-corrected chi connectivity index (χ3v) is 2.73. The maximum atomic E-state index is 6.11. The fraction of sp³-hybridized carbons (Fsp3) is 0.231. The van der Waals surface area contributed by atoms with E-state index in [1.54, 1.807) is 0 Å². The summed E-state index contributed by atoms with van der Waals surface area (Å²) in [6.45, 7) is 0. The van der Waals surface area contributed by atoms with Crippen LogP contribution in [0.4, 0.5) is 23.0 Å². The van der Waals surface area contributed by atoms with Crippen molar-refractivity contribution in [3.8, 4) is 0 Å². The van der Waals surface area contributed by atoms with Gasteiger partial charge in [0.25, 0.3) is 0 Å². The van der Waals surface area contributed by atoms with Crippen molar-refractivity contribution in [3.05, 3.63) is 36.7 Å². The highest BCUT2D eigenvalue weighted by Crippen LogP contribution is 2.30. The van der Waals surface area contributed by atoms with Crippen molar-refractivity contribution >= 4 is 23.0 Å². The van der Waals surface area contributed by atoms with E-state index in [9.17, 15) is 0 Å². The molecule has 18 heavy (non-hydrogen) atoms. The van der Waals surface area contributed by atoms with Crippen LogP contribution in [-0.4, -0.2) is 31.1 Å². The molecule has 0 spiro atoms. The highest BCUT2D eigenvalue weighted by Gasteiger charge is 2.14. The van der Waals surface area contributed by atoms with Crippen molar-refractivity contribution in [1.29, 1.82) is 0 Å². The van der Waals surface area contributed by atoms with E-state index < -0.39 is 0 Å². The smallest absolute Gasteiger partial charge is 0.161 e. The Balaban J connectivity index is 2.43. The Hall–Kier alpha value is -2.30. The lowest BCUT2D eigenvalue weighted by Gasteiger charge is -2.22. The first-order valence-corrected chi connectivity index (χ1v) is 5.68. The molecule has 0 fully saturated rings. The zero-order valence-corrected chi connectivity index (χ0v) is 10.8. The number of para-hydroxylation sites is 1. The average molecular weight is 243 g/mol. The number of nitrogen functional groups attached to an aromatic ring is 1. The Morgan fingerprint density at radius 3 is 2.17 bits per heavy atom. The molecule has 1 heterocycles. The lowest BCUT2D eigenvalue weighted by Crippen LogP contribution is -2.18. The first kappa shape index (κ1) is 12.2. The maximum absolute atomic E-state index is 6.11. The first-order valence-electron chi connectivity index (χ1n) is 5.68. The quantitative estimate of drug-likeness (QED) is 0.892. The summed E-state index contributed by atoms with van der Waals surface area (Å²) >= 11 is 0. The molecule has 5 nitrogen and oxygen atoms in total. The van der Waals surface area contributed by atoms with Gasteiger partial charge in [-0.25, -0.2) is 9.97 Å². The molecule has 0 aliphatic rings. The van der Waals surface area contributed by atoms with Crippen LogP contribution in [0.2, 0.25) is 0 Å². The first-order chi connectivity index (χ1) is 8.61. The Labute approximate surface area is 107 Å². The molecule has 0 radical (unpaired) electrons. The van der Waals surface area contributed by atoms with Crippen LogP contribution < -0.4 is 15.5 Å². The van der Waals surface area contributed by atoms with E-state index in [4.69, 9.17) is 5.73 Å². The van der Waals surface area contributed by atoms with Crippen LogP contribution in [0.3, 0.4) is 0 Å². The number of benzene rings is 1. The van der Waals surface area contributed by atoms with Crippen molar-refractivity contribution < 1.29 is 0 Å². The monoisotopic (exact) mass is 243 g/mol. The van der Waals surface area contributed by atoms with Crippen LogP contribution in [0, 0.1) is 0 Å². The van der Waals surface area contributed by atoms with Gasteiger partial charge < -0.3 is 15.5 Å². The molecule has 1 aromatic carbocycles. The van der Waals surface area contributed by atoms with Gasteiger partial charge in [0.15, 0.2) is 11.6 Å². The number of hydrogen-bond acceptors (Lipinski definition) is 5. The predicted octanol–water partition coefficient (Wildman–Crippen LogP) is 1.89. The molecule has 1 aromatic heterocycles. The third-order valence-electron chi connectivity index (χ3n) is 2.73. The molecular formula is C13H17N5. The van der Waals surface area contributed by atoms with Crippen LogP contribution >= 0.6 is 0 Å². The van der Waals surface area contributed by atoms with Gasteiger partial charge in [-0.15, -0.1) is 0 Å². The molecule has 0 bridgehead atoms. The zero-order valence-electron chi connectivity index (χ0n) is 10.8. The minimum atomic E-state index is 0.578. The normalized spacial score (nSPS) is 10.2. The second kappa shape index (κ2) is 4.91. The third kappa shape index (κ3) is 2.20. The number of hydrogen-bond donors (Lipinski definition) is 1. The van der Waals surface area contributed by atoms with Gasteiger partial charge >= 0.3 is 0 Å². The number of nitrogens with zero attached hydrogens (tertiary/aromatic N) is 4. The van der Waals surface area contributed by atoms with Gasteiger partial charge in [-0.2, -0.15) is 0 Å². The Bertz CT molecular complexity index is 524. The van der Waals surface area contributed by atoms with E-state index in [0.29, 0.717) is 11.5 Å². The van der Waals surface area contributed by atoms with E-state index in [0.717, 1.165) is 11.5 Å². The van der Waals surface area contributed by atoms with Crippen molar-refractivity contribution in [2.45, 2.75) is 0 Å². The Morgan fingerprint density at radius 1 is 0.944 bits per heavy atom. The van der Waals surface area contributed by atoms with Crippen LogP contribution in [0.1, 0.15) is 0 Å². The van der Waals surface area contributed by atoms with Crippen molar-refractivity contribution in [2.75, 3.05) is 36.7 Å². The summed E-state index contributed by atoms with van der Waals surface area (Å²) in [7, 11) is 5.75. The van der Waals surface area contributed by atoms with Crippen molar-refractivity contribution in [2.24, 2.45) is 0 Å². The molecule has 2 aromatic rings. The standard InChI is InChI=1S/C13H17N5/c1-17(2)12-11(14)13(16-9-15-12)18(3)10-7-5-4-6-8-10/h4-9H,14H2,1-3H3. The van der Waals surface area contributed by atoms with Gasteiger partial charge in [-0.05, 0) is 12.1 Å². The molecule has 2 rings (SSSR count). The fourth-order valence-electron chi connectivity index (χ4n) is 1.77. The molecule has 0 atom stereocenters. The van der Waals surface area contributed by atoms with Gasteiger partial charge in [0.05, 0.1) is 0 Å². The van der Waals surface area contributed by atoms with Crippen LogP contribution in [0.15, 0.2) is 36.7 Å². The van der Waals surface area contributed by atoms with Crippen molar-refractivity contribution in [1.82, 2.24) is 9.97 Å². The summed E-state index contributed by atoms with van der Waals surface area (Å²) in [5, 5.41) is 0. The van der Waals surface area contributed by atoms with E-state index in [1.165, 1.54) is 6.33 Å². The molecule has 0 saturated heterocycles. The number of anilines is 4. The topological polar surface area (TPSA) is 58.3 Å². The largest absolute Gasteiger partial charge is 0.393 e. The molecular weight excluding hydrogens is 226 g/mol. The summed E-state index contributed by atoms with van der Waals surface area (Å²) < 4.78 is 0. The van der Waals surface area contributed by atoms with E-state index in [1.807, 2.05) is 61.3 Å². The highest BCUT2D eigenvalue weighted by molar-refractivity contribution is 5.79. The van der Waals surface area contributed by atoms with Gasteiger partial charge in [0.2, 0.25) is 0 Å². The van der Waals surface area contributed by atoms with Crippen LogP contribution in [0.25, 0.3) is 0 Å². The maximum Gasteiger partial charge on any atom is 0.161 e. The van der Waals surface area contributed by atoms with Crippen LogP contribution in [0.5, 0.6) is 0 Å². The molecule has 2 N–H and O–H groups in total. The summed E-state index contributed by atoms with van der Waals surface area (Å²) in [6, 6.07) is 9.96. The number of nitrogens with two attached hydrogens (primary N) is 1. The molecule has 0 unspecified atom stereocenters. The van der Waals surface area contributed by atoms with Gasteiger partial charge in [0.1, 0.15) is 12.0 Å². The van der Waals surface area contributed by atoms with Gasteiger partial charge in [-0.3, -0.25) is 0 Å². The molecule has 0 saturated carbocycles. The van der Waals surface area contributed by atoms with E-state index >= 15 is 0 Å². The molecule has 94 valence electrons. The Morgan fingerprint density at radius 2 is 1.56 bits per heavy atom. The molecule has 0 aliphatic heterocycles. The van der Waals surface area contributed by atoms with Gasteiger partial charge in [0, 0.05) is 26.8 Å². The molecule has 0 aliphatic carbocycles. The minimum Gasteiger partial charge on any atom is -0.393 e. The lowest BCUT2D eigenvalue weighted by molar-refractivity contribution is 1.02. The average Bonchev–Trinajstić information content (AvgIpc) is 2.39. The number of aromatic nitrogens is 2.